The number of benzene rings is 1. The van der Waals surface area contributed by atoms with Crippen LogP contribution in [0.1, 0.15) is 11.4 Å². The summed E-state index contributed by atoms with van der Waals surface area (Å²) in [6.07, 6.45) is 1.68. The lowest BCUT2D eigenvalue weighted by molar-refractivity contribution is 0.591. The average Bonchev–Trinajstić information content (AvgIpc) is 2.99. The van der Waals surface area contributed by atoms with Crippen molar-refractivity contribution in [2.24, 2.45) is 4.99 Å². The van der Waals surface area contributed by atoms with Gasteiger partial charge in [0.15, 0.2) is 0 Å². The number of rotatable bonds is 7. The Bertz CT molecular complexity index is 772. The molecule has 0 atom stereocenters. The van der Waals surface area contributed by atoms with E-state index in [-0.39, 0.29) is 10.9 Å². The molecule has 1 aromatic carbocycles. The number of nitrogens with zero attached hydrogens (tertiary/aromatic N) is 2. The highest BCUT2D eigenvalue weighted by Gasteiger charge is 2.14. The summed E-state index contributed by atoms with van der Waals surface area (Å²) in [7, 11) is -1.99. The van der Waals surface area contributed by atoms with Crippen molar-refractivity contribution in [1.29, 1.82) is 0 Å². The van der Waals surface area contributed by atoms with E-state index in [1.54, 1.807) is 43.3 Å². The zero-order valence-corrected chi connectivity index (χ0v) is 15.2. The van der Waals surface area contributed by atoms with Gasteiger partial charge in [-0.2, -0.15) is 11.8 Å². The third-order valence-electron chi connectivity index (χ3n) is 3.21. The molecule has 9 heteroatoms. The molecule has 1 aromatic heterocycles. The first-order chi connectivity index (χ1) is 11.5. The summed E-state index contributed by atoms with van der Waals surface area (Å²) in [6.45, 7) is 2.47. The van der Waals surface area contributed by atoms with Gasteiger partial charge in [0.2, 0.25) is 5.96 Å². The van der Waals surface area contributed by atoms with Gasteiger partial charge in [-0.25, -0.2) is 18.1 Å². The van der Waals surface area contributed by atoms with E-state index in [2.05, 4.69) is 25.0 Å². The van der Waals surface area contributed by atoms with Crippen molar-refractivity contribution in [1.82, 2.24) is 20.0 Å². The summed E-state index contributed by atoms with van der Waals surface area (Å²) in [4.78, 5) is 11.7. The molecule has 0 unspecified atom stereocenters. The van der Waals surface area contributed by atoms with Gasteiger partial charge in [0.1, 0.15) is 0 Å². The van der Waals surface area contributed by atoms with Crippen molar-refractivity contribution in [3.63, 3.8) is 0 Å². The summed E-state index contributed by atoms with van der Waals surface area (Å²) in [6, 6.07) is 8.21. The molecule has 0 spiro atoms. The Kier molecular flexibility index (Phi) is 6.68. The van der Waals surface area contributed by atoms with Gasteiger partial charge in [-0.3, -0.25) is 4.99 Å². The molecule has 1 heterocycles. The first kappa shape index (κ1) is 18.3. The quantitative estimate of drug-likeness (QED) is 0.391. The molecule has 3 N–H and O–H groups in total. The van der Waals surface area contributed by atoms with Gasteiger partial charge in [0.25, 0.3) is 10.0 Å². The SMILES string of the molecule is CN/C(=N\CCSCc1[nH]cnc1C)NS(=O)(=O)c1ccccc1. The molecule has 24 heavy (non-hydrogen) atoms. The first-order valence-corrected chi connectivity index (χ1v) is 10.0. The second-order valence-electron chi connectivity index (χ2n) is 4.92. The number of guanidine groups is 1. The van der Waals surface area contributed by atoms with E-state index < -0.39 is 10.0 Å². The Morgan fingerprint density at radius 1 is 1.33 bits per heavy atom. The van der Waals surface area contributed by atoms with E-state index in [1.807, 2.05) is 6.92 Å². The summed E-state index contributed by atoms with van der Waals surface area (Å²) >= 11 is 1.71. The van der Waals surface area contributed by atoms with E-state index in [1.165, 1.54) is 12.1 Å². The van der Waals surface area contributed by atoms with Crippen LogP contribution >= 0.6 is 11.8 Å². The minimum Gasteiger partial charge on any atom is -0.359 e. The molecule has 0 aliphatic rings. The van der Waals surface area contributed by atoms with Crippen molar-refractivity contribution in [2.45, 2.75) is 17.6 Å². The van der Waals surface area contributed by atoms with Crippen LogP contribution in [0.25, 0.3) is 0 Å². The van der Waals surface area contributed by atoms with Crippen molar-refractivity contribution in [3.8, 4) is 0 Å². The number of hydrogen-bond donors (Lipinski definition) is 3. The highest BCUT2D eigenvalue weighted by molar-refractivity contribution is 7.98. The molecule has 0 aliphatic carbocycles. The van der Waals surface area contributed by atoms with E-state index in [9.17, 15) is 8.42 Å². The van der Waals surface area contributed by atoms with Crippen molar-refractivity contribution < 1.29 is 8.42 Å². The first-order valence-electron chi connectivity index (χ1n) is 7.39. The van der Waals surface area contributed by atoms with Crippen molar-refractivity contribution in [3.05, 3.63) is 48.0 Å². The third-order valence-corrected chi connectivity index (χ3v) is 5.53. The normalized spacial score (nSPS) is 12.2. The number of hydrogen-bond acceptors (Lipinski definition) is 5. The van der Waals surface area contributed by atoms with E-state index in [0.717, 1.165) is 22.9 Å². The lowest BCUT2D eigenvalue weighted by Gasteiger charge is -2.10. The molecule has 0 bridgehead atoms. The van der Waals surface area contributed by atoms with Gasteiger partial charge in [0.05, 0.1) is 23.5 Å². The van der Waals surface area contributed by atoms with Crippen LogP contribution in [0.3, 0.4) is 0 Å². The lowest BCUT2D eigenvalue weighted by atomic mass is 10.4. The standard InChI is InChI=1S/C15H21N5O2S2/c1-12-14(19-11-18-12)10-23-9-8-17-15(16-2)20-24(21,22)13-6-4-3-5-7-13/h3-7,11H,8-10H2,1-2H3,(H,18,19)(H2,16,17,20). The zero-order valence-electron chi connectivity index (χ0n) is 13.6. The molecule has 0 fully saturated rings. The Hall–Kier alpha value is -2.00. The van der Waals surface area contributed by atoms with Gasteiger partial charge in [-0.1, -0.05) is 18.2 Å². The van der Waals surface area contributed by atoms with Crippen LogP contribution in [0.2, 0.25) is 0 Å². The van der Waals surface area contributed by atoms with Gasteiger partial charge < -0.3 is 10.3 Å². The molecule has 0 aliphatic heterocycles. The van der Waals surface area contributed by atoms with E-state index >= 15 is 0 Å². The third kappa shape index (κ3) is 5.27. The number of H-pyrrole nitrogens is 1. The number of sulfonamides is 1. The topological polar surface area (TPSA) is 99.2 Å². The number of imidazole rings is 1. The van der Waals surface area contributed by atoms with Crippen LogP contribution in [0.15, 0.2) is 46.5 Å². The molecule has 130 valence electrons. The molecule has 2 rings (SSSR count). The van der Waals surface area contributed by atoms with Crippen LogP contribution in [0.5, 0.6) is 0 Å². The maximum atomic E-state index is 12.2. The summed E-state index contributed by atoms with van der Waals surface area (Å²) in [5.74, 6) is 1.83. The van der Waals surface area contributed by atoms with E-state index in [0.29, 0.717) is 6.54 Å². The van der Waals surface area contributed by atoms with Crippen LogP contribution in [-0.2, 0) is 15.8 Å². The predicted octanol–water partition coefficient (Wildman–Crippen LogP) is 1.51. The fourth-order valence-corrected chi connectivity index (χ4v) is 3.80. The fourth-order valence-electron chi connectivity index (χ4n) is 1.88. The van der Waals surface area contributed by atoms with E-state index in [4.69, 9.17) is 0 Å². The van der Waals surface area contributed by atoms with Crippen LogP contribution < -0.4 is 10.0 Å². The van der Waals surface area contributed by atoms with Crippen molar-refractivity contribution in [2.75, 3.05) is 19.3 Å². The monoisotopic (exact) mass is 367 g/mol. The highest BCUT2D eigenvalue weighted by Crippen LogP contribution is 2.12. The van der Waals surface area contributed by atoms with Gasteiger partial charge in [-0.15, -0.1) is 0 Å². The number of aromatic nitrogens is 2. The van der Waals surface area contributed by atoms with Crippen molar-refractivity contribution >= 4 is 27.7 Å². The Labute approximate surface area is 146 Å². The summed E-state index contributed by atoms with van der Waals surface area (Å²) in [5.41, 5.74) is 2.10. The largest absolute Gasteiger partial charge is 0.359 e. The molecule has 0 radical (unpaired) electrons. The second kappa shape index (κ2) is 8.74. The maximum absolute atomic E-state index is 12.2. The summed E-state index contributed by atoms with van der Waals surface area (Å²) in [5, 5.41) is 2.78. The highest BCUT2D eigenvalue weighted by atomic mass is 32.2. The fraction of sp³-hybridized carbons (Fsp3) is 0.333. The Morgan fingerprint density at radius 3 is 2.71 bits per heavy atom. The molecular formula is C15H21N5O2S2. The van der Waals surface area contributed by atoms with Gasteiger partial charge in [-0.05, 0) is 19.1 Å². The lowest BCUT2D eigenvalue weighted by Crippen LogP contribution is -2.39. The Morgan fingerprint density at radius 2 is 2.08 bits per heavy atom. The number of aryl methyl sites for hydroxylation is 1. The smallest absolute Gasteiger partial charge is 0.264 e. The maximum Gasteiger partial charge on any atom is 0.264 e. The minimum atomic E-state index is -3.62. The molecule has 0 amide bonds. The molecule has 7 nitrogen and oxygen atoms in total. The molecule has 0 saturated heterocycles. The summed E-state index contributed by atoms with van der Waals surface area (Å²) < 4.78 is 26.9. The van der Waals surface area contributed by atoms with Gasteiger partial charge in [0, 0.05) is 24.2 Å². The number of nitrogens with one attached hydrogen (secondary N) is 3. The predicted molar refractivity (Wildman–Crippen MR) is 97.6 cm³/mol. The van der Waals surface area contributed by atoms with Gasteiger partial charge >= 0.3 is 0 Å². The second-order valence-corrected chi connectivity index (χ2v) is 7.71. The number of aromatic amines is 1. The zero-order chi connectivity index (χ0) is 17.4. The number of thioether (sulfide) groups is 1. The van der Waals surface area contributed by atoms with Crippen LogP contribution in [0.4, 0.5) is 0 Å². The molecule has 0 saturated carbocycles. The van der Waals surface area contributed by atoms with Crippen LogP contribution in [-0.4, -0.2) is 43.7 Å². The average molecular weight is 368 g/mol. The Balaban J connectivity index is 1.84. The number of aliphatic imine (C=N–C) groups is 1. The molecule has 2 aromatic rings. The molecular weight excluding hydrogens is 346 g/mol. The van der Waals surface area contributed by atoms with Crippen LogP contribution in [0, 0.1) is 6.92 Å². The minimum absolute atomic E-state index is 0.206.